The summed E-state index contributed by atoms with van der Waals surface area (Å²) in [6.45, 7) is 3.80. The summed E-state index contributed by atoms with van der Waals surface area (Å²) in [5.41, 5.74) is 3.37. The van der Waals surface area contributed by atoms with Crippen LogP contribution in [0.25, 0.3) is 22.5 Å². The van der Waals surface area contributed by atoms with E-state index < -0.39 is 0 Å². The summed E-state index contributed by atoms with van der Waals surface area (Å²) in [6.07, 6.45) is 1.58. The summed E-state index contributed by atoms with van der Waals surface area (Å²) in [5.74, 6) is 1.12. The third-order valence-corrected chi connectivity index (χ3v) is 4.94. The maximum absolute atomic E-state index is 13.3. The lowest BCUT2D eigenvalue weighted by Gasteiger charge is -2.18. The van der Waals surface area contributed by atoms with Gasteiger partial charge in [0.05, 0.1) is 36.1 Å². The van der Waals surface area contributed by atoms with Crippen molar-refractivity contribution in [2.24, 2.45) is 7.05 Å². The molecule has 0 saturated heterocycles. The first-order chi connectivity index (χ1) is 14.0. The smallest absolute Gasteiger partial charge is 0.252 e. The molecule has 3 aromatic heterocycles. The SMILES string of the molecule is COc1ccccc1C(C)NC(=O)c1cc(-c2ccco2)nc2c1c(C)nn2C. The van der Waals surface area contributed by atoms with E-state index in [9.17, 15) is 4.79 Å². The van der Waals surface area contributed by atoms with Gasteiger partial charge in [-0.3, -0.25) is 9.48 Å². The fourth-order valence-electron chi connectivity index (χ4n) is 3.55. The minimum atomic E-state index is -0.245. The number of benzene rings is 1. The number of hydrogen-bond acceptors (Lipinski definition) is 5. The van der Waals surface area contributed by atoms with Gasteiger partial charge in [-0.2, -0.15) is 5.10 Å². The topological polar surface area (TPSA) is 82.2 Å². The fraction of sp³-hybridized carbons (Fsp3) is 0.227. The zero-order valence-electron chi connectivity index (χ0n) is 16.8. The van der Waals surface area contributed by atoms with Crippen molar-refractivity contribution in [2.75, 3.05) is 7.11 Å². The Morgan fingerprint density at radius 1 is 1.24 bits per heavy atom. The molecule has 7 heteroatoms. The lowest BCUT2D eigenvalue weighted by atomic mass is 10.0. The lowest BCUT2D eigenvalue weighted by Crippen LogP contribution is -2.27. The summed E-state index contributed by atoms with van der Waals surface area (Å²) in [6, 6.07) is 12.8. The molecule has 4 aromatic rings. The molecule has 0 saturated carbocycles. The van der Waals surface area contributed by atoms with Crippen LogP contribution in [0.5, 0.6) is 5.75 Å². The Morgan fingerprint density at radius 3 is 2.76 bits per heavy atom. The molecule has 0 spiro atoms. The number of carbonyl (C=O) groups is 1. The Labute approximate surface area is 168 Å². The Balaban J connectivity index is 1.77. The number of fused-ring (bicyclic) bond motifs is 1. The summed E-state index contributed by atoms with van der Waals surface area (Å²) in [7, 11) is 3.43. The molecular formula is C22H22N4O3. The number of methoxy groups -OCH3 is 1. The number of pyridine rings is 1. The van der Waals surface area contributed by atoms with Gasteiger partial charge in [0.25, 0.3) is 5.91 Å². The van der Waals surface area contributed by atoms with Crippen LogP contribution in [0.2, 0.25) is 0 Å². The van der Waals surface area contributed by atoms with E-state index in [-0.39, 0.29) is 11.9 Å². The largest absolute Gasteiger partial charge is 0.496 e. The number of nitrogens with one attached hydrogen (secondary N) is 1. The first-order valence-electron chi connectivity index (χ1n) is 9.31. The molecule has 1 atom stereocenters. The molecule has 0 bridgehead atoms. The molecule has 1 unspecified atom stereocenters. The van der Waals surface area contributed by atoms with Crippen molar-refractivity contribution in [3.05, 3.63) is 65.5 Å². The van der Waals surface area contributed by atoms with E-state index in [2.05, 4.69) is 15.4 Å². The van der Waals surface area contributed by atoms with Crippen LogP contribution in [0.3, 0.4) is 0 Å². The number of para-hydroxylation sites is 1. The number of furan rings is 1. The number of carbonyl (C=O) groups excluding carboxylic acids is 1. The molecular weight excluding hydrogens is 368 g/mol. The number of rotatable bonds is 5. The Bertz CT molecular complexity index is 1180. The highest BCUT2D eigenvalue weighted by molar-refractivity contribution is 6.07. The van der Waals surface area contributed by atoms with Gasteiger partial charge in [0.2, 0.25) is 0 Å². The van der Waals surface area contributed by atoms with Gasteiger partial charge in [0, 0.05) is 12.6 Å². The van der Waals surface area contributed by atoms with Gasteiger partial charge in [0.15, 0.2) is 11.4 Å². The number of amides is 1. The normalized spacial score (nSPS) is 12.1. The van der Waals surface area contributed by atoms with Crippen molar-refractivity contribution >= 4 is 16.9 Å². The number of hydrogen-bond donors (Lipinski definition) is 1. The van der Waals surface area contributed by atoms with Gasteiger partial charge >= 0.3 is 0 Å². The first-order valence-corrected chi connectivity index (χ1v) is 9.31. The van der Waals surface area contributed by atoms with E-state index in [4.69, 9.17) is 9.15 Å². The second-order valence-electron chi connectivity index (χ2n) is 6.88. The van der Waals surface area contributed by atoms with E-state index in [1.165, 1.54) is 0 Å². The van der Waals surface area contributed by atoms with Crippen molar-refractivity contribution in [1.29, 1.82) is 0 Å². The monoisotopic (exact) mass is 390 g/mol. The van der Waals surface area contributed by atoms with Crippen LogP contribution < -0.4 is 10.1 Å². The Kier molecular flexibility index (Phi) is 4.80. The molecule has 29 heavy (non-hydrogen) atoms. The van der Waals surface area contributed by atoms with E-state index in [1.54, 1.807) is 30.2 Å². The Morgan fingerprint density at radius 2 is 2.03 bits per heavy atom. The predicted octanol–water partition coefficient (Wildman–Crippen LogP) is 4.04. The van der Waals surface area contributed by atoms with Crippen LogP contribution in [-0.4, -0.2) is 27.8 Å². The number of aromatic nitrogens is 3. The summed E-state index contributed by atoms with van der Waals surface area (Å²) >= 11 is 0. The Hall–Kier alpha value is -3.61. The van der Waals surface area contributed by atoms with E-state index in [0.29, 0.717) is 22.7 Å². The van der Waals surface area contributed by atoms with Crippen molar-refractivity contribution in [3.63, 3.8) is 0 Å². The van der Waals surface area contributed by atoms with Crippen molar-refractivity contribution in [3.8, 4) is 17.2 Å². The summed E-state index contributed by atoms with van der Waals surface area (Å²) in [4.78, 5) is 17.9. The third kappa shape index (κ3) is 3.35. The minimum Gasteiger partial charge on any atom is -0.496 e. The van der Waals surface area contributed by atoms with Gasteiger partial charge in [0.1, 0.15) is 11.4 Å². The molecule has 0 fully saturated rings. The molecule has 1 aromatic carbocycles. The highest BCUT2D eigenvalue weighted by atomic mass is 16.5. The minimum absolute atomic E-state index is 0.209. The second kappa shape index (κ2) is 7.43. The molecule has 1 amide bonds. The van der Waals surface area contributed by atoms with Gasteiger partial charge in [-0.1, -0.05) is 18.2 Å². The van der Waals surface area contributed by atoms with Crippen LogP contribution in [0.4, 0.5) is 0 Å². The molecule has 0 radical (unpaired) electrons. The number of ether oxygens (including phenoxy) is 1. The van der Waals surface area contributed by atoms with Crippen molar-refractivity contribution in [2.45, 2.75) is 19.9 Å². The van der Waals surface area contributed by atoms with E-state index >= 15 is 0 Å². The lowest BCUT2D eigenvalue weighted by molar-refractivity contribution is 0.0941. The number of nitrogens with zero attached hydrogens (tertiary/aromatic N) is 3. The molecule has 3 heterocycles. The highest BCUT2D eigenvalue weighted by Gasteiger charge is 2.22. The zero-order valence-corrected chi connectivity index (χ0v) is 16.8. The van der Waals surface area contributed by atoms with Gasteiger partial charge in [-0.15, -0.1) is 0 Å². The average Bonchev–Trinajstić information content (AvgIpc) is 3.36. The molecule has 0 aliphatic heterocycles. The maximum Gasteiger partial charge on any atom is 0.252 e. The first kappa shape index (κ1) is 18.7. The maximum atomic E-state index is 13.3. The predicted molar refractivity (Wildman–Crippen MR) is 110 cm³/mol. The highest BCUT2D eigenvalue weighted by Crippen LogP contribution is 2.29. The standard InChI is InChI=1S/C22H22N4O3/c1-13(15-8-5-6-9-18(15)28-4)23-22(27)16-12-17(19-10-7-11-29-19)24-21-20(16)14(2)25-26(21)3/h5-13H,1-4H3,(H,23,27). The van der Waals surface area contributed by atoms with Crippen LogP contribution in [0, 0.1) is 6.92 Å². The van der Waals surface area contributed by atoms with Gasteiger partial charge < -0.3 is 14.5 Å². The van der Waals surface area contributed by atoms with Gasteiger partial charge in [-0.05, 0) is 38.1 Å². The van der Waals surface area contributed by atoms with Crippen LogP contribution in [0.1, 0.15) is 34.6 Å². The van der Waals surface area contributed by atoms with Gasteiger partial charge in [-0.25, -0.2) is 4.98 Å². The molecule has 148 valence electrons. The van der Waals surface area contributed by atoms with Crippen LogP contribution in [0.15, 0.2) is 53.1 Å². The zero-order chi connectivity index (χ0) is 20.5. The van der Waals surface area contributed by atoms with Crippen molar-refractivity contribution < 1.29 is 13.9 Å². The summed E-state index contributed by atoms with van der Waals surface area (Å²) < 4.78 is 12.6. The molecule has 0 aliphatic carbocycles. The van der Waals surface area contributed by atoms with E-state index in [0.717, 1.165) is 22.4 Å². The second-order valence-corrected chi connectivity index (χ2v) is 6.88. The average molecular weight is 390 g/mol. The van der Waals surface area contributed by atoms with Crippen LogP contribution >= 0.6 is 0 Å². The number of aryl methyl sites for hydroxylation is 2. The molecule has 7 nitrogen and oxygen atoms in total. The molecule has 1 N–H and O–H groups in total. The van der Waals surface area contributed by atoms with E-state index in [1.807, 2.05) is 51.2 Å². The molecule has 4 rings (SSSR count). The quantitative estimate of drug-likeness (QED) is 0.556. The fourth-order valence-corrected chi connectivity index (χ4v) is 3.55. The van der Waals surface area contributed by atoms with Crippen LogP contribution in [-0.2, 0) is 7.05 Å². The molecule has 0 aliphatic rings. The summed E-state index contributed by atoms with van der Waals surface area (Å²) in [5, 5.41) is 8.25. The third-order valence-electron chi connectivity index (χ3n) is 4.94. The van der Waals surface area contributed by atoms with Crippen molar-refractivity contribution in [1.82, 2.24) is 20.1 Å².